The molecule has 1 N–H and O–H groups in total. The van der Waals surface area contributed by atoms with Gasteiger partial charge in [-0.25, -0.2) is 0 Å². The van der Waals surface area contributed by atoms with E-state index in [0.717, 1.165) is 11.1 Å². The highest BCUT2D eigenvalue weighted by Crippen LogP contribution is 2.06. The van der Waals surface area contributed by atoms with Crippen LogP contribution in [0.25, 0.3) is 0 Å². The summed E-state index contributed by atoms with van der Waals surface area (Å²) in [6.45, 7) is 4.37. The van der Waals surface area contributed by atoms with Crippen molar-refractivity contribution in [2.75, 3.05) is 13.7 Å². The van der Waals surface area contributed by atoms with Gasteiger partial charge in [-0.2, -0.15) is 0 Å². The summed E-state index contributed by atoms with van der Waals surface area (Å²) in [5.41, 5.74) is 1.71. The molecule has 0 aliphatic rings. The van der Waals surface area contributed by atoms with Gasteiger partial charge < -0.3 is 10.1 Å². The Hall–Kier alpha value is -1.35. The molecule has 1 amide bonds. The van der Waals surface area contributed by atoms with Gasteiger partial charge in [0.05, 0.1) is 6.61 Å². The molecule has 15 heavy (non-hydrogen) atoms. The van der Waals surface area contributed by atoms with Gasteiger partial charge in [-0.05, 0) is 25.5 Å². The van der Waals surface area contributed by atoms with E-state index in [1.807, 2.05) is 38.1 Å². The van der Waals surface area contributed by atoms with Gasteiger partial charge in [-0.15, -0.1) is 0 Å². The van der Waals surface area contributed by atoms with Gasteiger partial charge in [0, 0.05) is 18.7 Å². The van der Waals surface area contributed by atoms with Crippen molar-refractivity contribution in [3.05, 3.63) is 35.4 Å². The lowest BCUT2D eigenvalue weighted by Crippen LogP contribution is -2.35. The summed E-state index contributed by atoms with van der Waals surface area (Å²) in [6, 6.07) is 7.57. The van der Waals surface area contributed by atoms with E-state index >= 15 is 0 Å². The molecule has 0 radical (unpaired) electrons. The van der Waals surface area contributed by atoms with Crippen molar-refractivity contribution in [1.29, 1.82) is 0 Å². The normalized spacial score (nSPS) is 12.2. The number of carbonyl (C=O) groups is 1. The molecule has 0 heterocycles. The van der Waals surface area contributed by atoms with Crippen molar-refractivity contribution in [2.24, 2.45) is 0 Å². The predicted molar refractivity (Wildman–Crippen MR) is 60.0 cm³/mol. The number of methoxy groups -OCH3 is 1. The maximum atomic E-state index is 11.8. The highest BCUT2D eigenvalue weighted by molar-refractivity contribution is 5.95. The van der Waals surface area contributed by atoms with Crippen LogP contribution in [0.4, 0.5) is 0 Å². The van der Waals surface area contributed by atoms with E-state index in [1.165, 1.54) is 0 Å². The minimum atomic E-state index is -0.0438. The number of amides is 1. The molecule has 0 bridgehead atoms. The van der Waals surface area contributed by atoms with Crippen molar-refractivity contribution in [1.82, 2.24) is 5.32 Å². The molecule has 1 aromatic rings. The molecule has 0 aromatic heterocycles. The molecule has 1 aromatic carbocycles. The smallest absolute Gasteiger partial charge is 0.251 e. The maximum Gasteiger partial charge on any atom is 0.251 e. The third kappa shape index (κ3) is 3.36. The Bertz CT molecular complexity index is 336. The average molecular weight is 207 g/mol. The summed E-state index contributed by atoms with van der Waals surface area (Å²) in [5.74, 6) is -0.0438. The first-order valence-electron chi connectivity index (χ1n) is 5.00. The first-order valence-corrected chi connectivity index (χ1v) is 5.00. The van der Waals surface area contributed by atoms with Crippen LogP contribution in [-0.4, -0.2) is 25.7 Å². The van der Waals surface area contributed by atoms with Crippen LogP contribution >= 0.6 is 0 Å². The third-order valence-corrected chi connectivity index (χ3v) is 2.18. The molecule has 0 aliphatic carbocycles. The Kier molecular flexibility index (Phi) is 4.31. The maximum absolute atomic E-state index is 11.8. The standard InChI is InChI=1S/C12H17NO2/c1-9-6-4-5-7-11(9)12(14)13-10(2)8-15-3/h4-7,10H,8H2,1-3H3,(H,13,14)/t10-/m1/s1. The highest BCUT2D eigenvalue weighted by atomic mass is 16.5. The van der Waals surface area contributed by atoms with E-state index in [9.17, 15) is 4.79 Å². The van der Waals surface area contributed by atoms with E-state index in [4.69, 9.17) is 4.74 Å². The lowest BCUT2D eigenvalue weighted by atomic mass is 10.1. The first kappa shape index (κ1) is 11.7. The Morgan fingerprint density at radius 1 is 1.47 bits per heavy atom. The molecule has 3 heteroatoms. The number of ether oxygens (including phenoxy) is 1. The van der Waals surface area contributed by atoms with E-state index in [-0.39, 0.29) is 11.9 Å². The van der Waals surface area contributed by atoms with Crippen LogP contribution in [0, 0.1) is 6.92 Å². The number of aryl methyl sites for hydroxylation is 1. The van der Waals surface area contributed by atoms with Crippen LogP contribution in [-0.2, 0) is 4.74 Å². The zero-order valence-electron chi connectivity index (χ0n) is 9.41. The second kappa shape index (κ2) is 5.51. The number of carbonyl (C=O) groups excluding carboxylic acids is 1. The quantitative estimate of drug-likeness (QED) is 0.817. The summed E-state index contributed by atoms with van der Waals surface area (Å²) in [6.07, 6.45) is 0. The second-order valence-corrected chi connectivity index (χ2v) is 3.64. The fourth-order valence-electron chi connectivity index (χ4n) is 1.42. The number of hydrogen-bond donors (Lipinski definition) is 1. The van der Waals surface area contributed by atoms with Crippen molar-refractivity contribution in [2.45, 2.75) is 19.9 Å². The molecule has 82 valence electrons. The second-order valence-electron chi connectivity index (χ2n) is 3.64. The van der Waals surface area contributed by atoms with Crippen LogP contribution in [0.3, 0.4) is 0 Å². The fourth-order valence-corrected chi connectivity index (χ4v) is 1.42. The minimum Gasteiger partial charge on any atom is -0.383 e. The Balaban J connectivity index is 2.65. The summed E-state index contributed by atoms with van der Waals surface area (Å²) in [4.78, 5) is 11.8. The first-order chi connectivity index (χ1) is 7.15. The molecule has 3 nitrogen and oxygen atoms in total. The number of benzene rings is 1. The van der Waals surface area contributed by atoms with Crippen LogP contribution in [0.5, 0.6) is 0 Å². The highest BCUT2D eigenvalue weighted by Gasteiger charge is 2.10. The summed E-state index contributed by atoms with van der Waals surface area (Å²) in [7, 11) is 1.62. The molecular weight excluding hydrogens is 190 g/mol. The van der Waals surface area contributed by atoms with Crippen LogP contribution in [0.2, 0.25) is 0 Å². The summed E-state index contributed by atoms with van der Waals surface area (Å²) < 4.78 is 4.96. The largest absolute Gasteiger partial charge is 0.383 e. The zero-order valence-corrected chi connectivity index (χ0v) is 9.41. The van der Waals surface area contributed by atoms with Crippen LogP contribution < -0.4 is 5.32 Å². The number of hydrogen-bond acceptors (Lipinski definition) is 2. The van der Waals surface area contributed by atoms with Crippen molar-refractivity contribution in [3.63, 3.8) is 0 Å². The van der Waals surface area contributed by atoms with Gasteiger partial charge in [-0.1, -0.05) is 18.2 Å². The lowest BCUT2D eigenvalue weighted by molar-refractivity contribution is 0.0905. The van der Waals surface area contributed by atoms with Gasteiger partial charge in [0.2, 0.25) is 0 Å². The number of nitrogens with one attached hydrogen (secondary N) is 1. The van der Waals surface area contributed by atoms with E-state index < -0.39 is 0 Å². The molecule has 0 unspecified atom stereocenters. The molecule has 1 atom stereocenters. The Morgan fingerprint density at radius 2 is 2.13 bits per heavy atom. The van der Waals surface area contributed by atoms with Crippen LogP contribution in [0.15, 0.2) is 24.3 Å². The van der Waals surface area contributed by atoms with E-state index in [2.05, 4.69) is 5.32 Å². The average Bonchev–Trinajstić information content (AvgIpc) is 2.18. The Labute approximate surface area is 90.4 Å². The summed E-state index contributed by atoms with van der Waals surface area (Å²) in [5, 5.41) is 2.87. The van der Waals surface area contributed by atoms with Crippen LogP contribution in [0.1, 0.15) is 22.8 Å². The van der Waals surface area contributed by atoms with Gasteiger partial charge in [0.15, 0.2) is 0 Å². The SMILES string of the molecule is COC[C@@H](C)NC(=O)c1ccccc1C. The summed E-state index contributed by atoms with van der Waals surface area (Å²) >= 11 is 0. The predicted octanol–water partition coefficient (Wildman–Crippen LogP) is 1.76. The topological polar surface area (TPSA) is 38.3 Å². The van der Waals surface area contributed by atoms with Gasteiger partial charge in [0.25, 0.3) is 5.91 Å². The Morgan fingerprint density at radius 3 is 2.73 bits per heavy atom. The monoisotopic (exact) mass is 207 g/mol. The van der Waals surface area contributed by atoms with Gasteiger partial charge >= 0.3 is 0 Å². The number of rotatable bonds is 4. The fraction of sp³-hybridized carbons (Fsp3) is 0.417. The lowest BCUT2D eigenvalue weighted by Gasteiger charge is -2.13. The van der Waals surface area contributed by atoms with Gasteiger partial charge in [0.1, 0.15) is 0 Å². The van der Waals surface area contributed by atoms with E-state index in [0.29, 0.717) is 6.61 Å². The molecule has 0 spiro atoms. The van der Waals surface area contributed by atoms with Crippen molar-refractivity contribution in [3.8, 4) is 0 Å². The van der Waals surface area contributed by atoms with E-state index in [1.54, 1.807) is 7.11 Å². The molecule has 0 aliphatic heterocycles. The minimum absolute atomic E-state index is 0.0297. The third-order valence-electron chi connectivity index (χ3n) is 2.18. The van der Waals surface area contributed by atoms with Gasteiger partial charge in [-0.3, -0.25) is 4.79 Å². The zero-order chi connectivity index (χ0) is 11.3. The van der Waals surface area contributed by atoms with Crippen molar-refractivity contribution < 1.29 is 9.53 Å². The molecule has 0 saturated heterocycles. The molecule has 0 saturated carbocycles. The molecule has 0 fully saturated rings. The van der Waals surface area contributed by atoms with Crippen molar-refractivity contribution >= 4 is 5.91 Å². The molecule has 1 rings (SSSR count). The molecular formula is C12H17NO2.